The molecule has 0 aromatic heterocycles. The minimum Gasteiger partial charge on any atom is -0.333 e. The summed E-state index contributed by atoms with van der Waals surface area (Å²) in [6, 6.07) is 15.7. The van der Waals surface area contributed by atoms with Gasteiger partial charge >= 0.3 is 6.03 Å². The summed E-state index contributed by atoms with van der Waals surface area (Å²) < 4.78 is 0. The normalized spacial score (nSPS) is 16.5. The highest BCUT2D eigenvalue weighted by atomic mass is 16.2. The second kappa shape index (κ2) is 8.46. The molecule has 0 bridgehead atoms. The molecule has 1 aliphatic heterocycles. The summed E-state index contributed by atoms with van der Waals surface area (Å²) in [4.78, 5) is 29.0. The lowest BCUT2D eigenvalue weighted by Crippen LogP contribution is -2.48. The molecule has 0 spiro atoms. The molecule has 3 amide bonds. The van der Waals surface area contributed by atoms with Crippen LogP contribution in [-0.4, -0.2) is 35.5 Å². The quantitative estimate of drug-likeness (QED) is 0.853. The summed E-state index contributed by atoms with van der Waals surface area (Å²) in [6.45, 7) is 9.16. The minimum absolute atomic E-state index is 0.0488. The Bertz CT molecular complexity index is 848. The Morgan fingerprint density at radius 1 is 1.14 bits per heavy atom. The molecule has 3 rings (SSSR count). The van der Waals surface area contributed by atoms with Gasteiger partial charge in [0.2, 0.25) is 5.91 Å². The summed E-state index contributed by atoms with van der Waals surface area (Å²) in [6.07, 6.45) is 0.329. The number of amides is 3. The summed E-state index contributed by atoms with van der Waals surface area (Å²) in [5.74, 6) is 0.0488. The van der Waals surface area contributed by atoms with Gasteiger partial charge in [-0.2, -0.15) is 0 Å². The predicted octanol–water partition coefficient (Wildman–Crippen LogP) is 4.03. The largest absolute Gasteiger partial charge is 0.333 e. The molecular weight excluding hydrogens is 350 g/mol. The van der Waals surface area contributed by atoms with Crippen molar-refractivity contribution < 1.29 is 9.59 Å². The molecule has 1 saturated heterocycles. The van der Waals surface area contributed by atoms with Gasteiger partial charge in [0.25, 0.3) is 0 Å². The second-order valence-corrected chi connectivity index (χ2v) is 7.83. The first-order valence-corrected chi connectivity index (χ1v) is 9.84. The van der Waals surface area contributed by atoms with E-state index in [0.717, 1.165) is 16.8 Å². The monoisotopic (exact) mass is 379 g/mol. The number of nitrogens with one attached hydrogen (secondary N) is 1. The fraction of sp³-hybridized carbons (Fsp3) is 0.391. The fourth-order valence-corrected chi connectivity index (χ4v) is 3.47. The van der Waals surface area contributed by atoms with Crippen LogP contribution >= 0.6 is 0 Å². The molecule has 148 valence electrons. The molecule has 0 radical (unpaired) electrons. The predicted molar refractivity (Wildman–Crippen MR) is 112 cm³/mol. The average Bonchev–Trinajstić information content (AvgIpc) is 3.02. The molecule has 0 aliphatic carbocycles. The van der Waals surface area contributed by atoms with E-state index in [0.29, 0.717) is 19.5 Å². The van der Waals surface area contributed by atoms with Crippen LogP contribution in [0.5, 0.6) is 0 Å². The van der Waals surface area contributed by atoms with Crippen molar-refractivity contribution in [2.75, 3.05) is 11.4 Å². The van der Waals surface area contributed by atoms with Crippen LogP contribution in [0, 0.1) is 13.8 Å². The van der Waals surface area contributed by atoms with E-state index in [1.54, 1.807) is 9.80 Å². The fourth-order valence-electron chi connectivity index (χ4n) is 3.47. The summed E-state index contributed by atoms with van der Waals surface area (Å²) in [7, 11) is 0. The number of nitrogens with zero attached hydrogens (tertiary/aromatic N) is 2. The third kappa shape index (κ3) is 4.53. The van der Waals surface area contributed by atoms with E-state index in [4.69, 9.17) is 0 Å². The van der Waals surface area contributed by atoms with E-state index in [-0.39, 0.29) is 24.0 Å². The number of anilines is 1. The van der Waals surface area contributed by atoms with E-state index in [2.05, 4.69) is 12.2 Å². The van der Waals surface area contributed by atoms with Gasteiger partial charge in [0.15, 0.2) is 0 Å². The van der Waals surface area contributed by atoms with Gasteiger partial charge < -0.3 is 15.1 Å². The van der Waals surface area contributed by atoms with Crippen molar-refractivity contribution in [2.45, 2.75) is 52.7 Å². The van der Waals surface area contributed by atoms with Crippen molar-refractivity contribution in [3.8, 4) is 0 Å². The maximum atomic E-state index is 12.9. The highest BCUT2D eigenvalue weighted by molar-refractivity contribution is 5.97. The number of carbonyl (C=O) groups excluding carboxylic acids is 2. The van der Waals surface area contributed by atoms with Crippen molar-refractivity contribution >= 4 is 17.6 Å². The van der Waals surface area contributed by atoms with Crippen molar-refractivity contribution in [1.82, 2.24) is 10.2 Å². The molecule has 0 saturated carbocycles. The first-order valence-electron chi connectivity index (χ1n) is 9.84. The number of benzene rings is 2. The molecule has 1 fully saturated rings. The average molecular weight is 380 g/mol. The van der Waals surface area contributed by atoms with E-state index in [1.165, 1.54) is 5.56 Å². The van der Waals surface area contributed by atoms with Crippen molar-refractivity contribution in [1.29, 1.82) is 0 Å². The Morgan fingerprint density at radius 3 is 2.50 bits per heavy atom. The molecule has 28 heavy (non-hydrogen) atoms. The lowest BCUT2D eigenvalue weighted by molar-refractivity contribution is -0.117. The third-order valence-corrected chi connectivity index (χ3v) is 5.33. The number of urea groups is 1. The van der Waals surface area contributed by atoms with E-state index in [1.807, 2.05) is 69.3 Å². The maximum absolute atomic E-state index is 12.9. The lowest BCUT2D eigenvalue weighted by Gasteiger charge is -2.28. The molecule has 5 nitrogen and oxygen atoms in total. The summed E-state index contributed by atoms with van der Waals surface area (Å²) >= 11 is 0. The third-order valence-electron chi connectivity index (χ3n) is 5.33. The van der Waals surface area contributed by atoms with Gasteiger partial charge in [-0.25, -0.2) is 4.79 Å². The smallest absolute Gasteiger partial charge is 0.318 e. The molecular formula is C23H29N3O2. The van der Waals surface area contributed by atoms with Crippen molar-refractivity contribution in [3.05, 3.63) is 65.2 Å². The van der Waals surface area contributed by atoms with Crippen LogP contribution in [-0.2, 0) is 11.3 Å². The summed E-state index contributed by atoms with van der Waals surface area (Å²) in [5, 5.41) is 3.06. The van der Waals surface area contributed by atoms with Gasteiger partial charge in [0.1, 0.15) is 0 Å². The molecule has 1 aliphatic rings. The SMILES string of the molecule is Cc1ccc(N2CC(NC(=O)N(Cc3ccccc3)C(C)C)CC2=O)cc1C. The highest BCUT2D eigenvalue weighted by Crippen LogP contribution is 2.24. The molecule has 5 heteroatoms. The van der Waals surface area contributed by atoms with Gasteiger partial charge in [-0.05, 0) is 56.5 Å². The molecule has 2 aromatic carbocycles. The zero-order chi connectivity index (χ0) is 20.3. The van der Waals surface area contributed by atoms with E-state index >= 15 is 0 Å². The zero-order valence-corrected chi connectivity index (χ0v) is 17.1. The first-order chi connectivity index (χ1) is 13.3. The van der Waals surface area contributed by atoms with Crippen LogP contribution in [0.2, 0.25) is 0 Å². The lowest BCUT2D eigenvalue weighted by atomic mass is 10.1. The van der Waals surface area contributed by atoms with Crippen molar-refractivity contribution in [2.24, 2.45) is 0 Å². The standard InChI is InChI=1S/C23H29N3O2/c1-16(2)25(14-19-8-6-5-7-9-19)23(28)24-20-13-22(27)26(15-20)21-11-10-17(3)18(4)12-21/h5-12,16,20H,13-15H2,1-4H3,(H,24,28). The summed E-state index contributed by atoms with van der Waals surface area (Å²) in [5.41, 5.74) is 4.35. The van der Waals surface area contributed by atoms with Crippen LogP contribution in [0.25, 0.3) is 0 Å². The van der Waals surface area contributed by atoms with Gasteiger partial charge in [0, 0.05) is 31.2 Å². The number of hydrogen-bond acceptors (Lipinski definition) is 2. The Kier molecular flexibility index (Phi) is 6.02. The van der Waals surface area contributed by atoms with E-state index in [9.17, 15) is 9.59 Å². The van der Waals surface area contributed by atoms with Gasteiger partial charge in [-0.15, -0.1) is 0 Å². The number of hydrogen-bond donors (Lipinski definition) is 1. The van der Waals surface area contributed by atoms with Crippen LogP contribution in [0.3, 0.4) is 0 Å². The molecule has 1 heterocycles. The van der Waals surface area contributed by atoms with Crippen LogP contribution < -0.4 is 10.2 Å². The maximum Gasteiger partial charge on any atom is 0.318 e. The number of carbonyl (C=O) groups is 2. The van der Waals surface area contributed by atoms with Crippen molar-refractivity contribution in [3.63, 3.8) is 0 Å². The van der Waals surface area contributed by atoms with Crippen LogP contribution in [0.15, 0.2) is 48.5 Å². The topological polar surface area (TPSA) is 52.7 Å². The highest BCUT2D eigenvalue weighted by Gasteiger charge is 2.33. The van der Waals surface area contributed by atoms with Gasteiger partial charge in [0.05, 0.1) is 6.04 Å². The zero-order valence-electron chi connectivity index (χ0n) is 17.1. The molecule has 1 unspecified atom stereocenters. The molecule has 2 aromatic rings. The van der Waals surface area contributed by atoms with E-state index < -0.39 is 0 Å². The van der Waals surface area contributed by atoms with Crippen LogP contribution in [0.4, 0.5) is 10.5 Å². The Hall–Kier alpha value is -2.82. The number of aryl methyl sites for hydroxylation is 2. The first kappa shape index (κ1) is 19.9. The minimum atomic E-state index is -0.182. The Morgan fingerprint density at radius 2 is 1.86 bits per heavy atom. The van der Waals surface area contributed by atoms with Gasteiger partial charge in [-0.3, -0.25) is 4.79 Å². The second-order valence-electron chi connectivity index (χ2n) is 7.83. The number of rotatable bonds is 5. The molecule has 1 N–H and O–H groups in total. The Labute approximate surface area is 167 Å². The molecule has 1 atom stereocenters. The van der Waals surface area contributed by atoms with Crippen LogP contribution in [0.1, 0.15) is 37.0 Å². The van der Waals surface area contributed by atoms with Gasteiger partial charge in [-0.1, -0.05) is 36.4 Å². The Balaban J connectivity index is 1.66.